The fourth-order valence-electron chi connectivity index (χ4n) is 4.40. The van der Waals surface area contributed by atoms with E-state index in [0.717, 1.165) is 49.7 Å². The molecule has 0 bridgehead atoms. The maximum atomic E-state index is 12.6. The van der Waals surface area contributed by atoms with Crippen molar-refractivity contribution in [3.63, 3.8) is 0 Å². The summed E-state index contributed by atoms with van der Waals surface area (Å²) in [7, 11) is -3.65. The molecule has 3 rings (SSSR count). The second-order valence-corrected chi connectivity index (χ2v) is 10.7. The number of benzene rings is 1. The first kappa shape index (κ1) is 23.7. The number of nitrogens with zero attached hydrogens (tertiary/aromatic N) is 1. The summed E-state index contributed by atoms with van der Waals surface area (Å²) in [5, 5.41) is 3.17. The summed E-state index contributed by atoms with van der Waals surface area (Å²) in [5.41, 5.74) is 1.94. The molecule has 0 aromatic heterocycles. The maximum Gasteiger partial charge on any atom is 0.240 e. The molecule has 0 radical (unpaired) electrons. The molecule has 1 aromatic rings. The standard InChI is InChI=1S/C23H35N3O4S/c1-17-10-11-21(15-18(17)2)31(29,30)24-13-12-22(27)26-14-6-7-19(16-26)23(28)25-20-8-4-3-5-9-20/h10-11,15,19-20,24H,3-9,12-14,16H2,1-2H3,(H,25,28). The molecule has 172 valence electrons. The van der Waals surface area contributed by atoms with Crippen molar-refractivity contribution in [1.82, 2.24) is 14.9 Å². The number of sulfonamides is 1. The van der Waals surface area contributed by atoms with Gasteiger partial charge in [0.1, 0.15) is 0 Å². The Morgan fingerprint density at radius 3 is 2.48 bits per heavy atom. The van der Waals surface area contributed by atoms with Crippen LogP contribution in [0.15, 0.2) is 23.1 Å². The highest BCUT2D eigenvalue weighted by Gasteiger charge is 2.29. The van der Waals surface area contributed by atoms with Gasteiger partial charge in [-0.15, -0.1) is 0 Å². The first-order valence-electron chi connectivity index (χ1n) is 11.4. The molecule has 1 aliphatic heterocycles. The topological polar surface area (TPSA) is 95.6 Å². The number of hydrogen-bond acceptors (Lipinski definition) is 4. The van der Waals surface area contributed by atoms with E-state index >= 15 is 0 Å². The lowest BCUT2D eigenvalue weighted by atomic mass is 9.93. The molecule has 1 heterocycles. The van der Waals surface area contributed by atoms with Gasteiger partial charge in [-0.1, -0.05) is 25.3 Å². The number of piperidine rings is 1. The average Bonchev–Trinajstić information content (AvgIpc) is 2.76. The molecule has 8 heteroatoms. The molecule has 1 aromatic carbocycles. The van der Waals surface area contributed by atoms with Crippen molar-refractivity contribution in [2.24, 2.45) is 5.92 Å². The summed E-state index contributed by atoms with van der Waals surface area (Å²) in [6, 6.07) is 5.26. The van der Waals surface area contributed by atoms with Gasteiger partial charge in [0.2, 0.25) is 21.8 Å². The third kappa shape index (κ3) is 6.53. The largest absolute Gasteiger partial charge is 0.353 e. The zero-order chi connectivity index (χ0) is 22.4. The molecular weight excluding hydrogens is 414 g/mol. The quantitative estimate of drug-likeness (QED) is 0.669. The molecule has 2 amide bonds. The van der Waals surface area contributed by atoms with Crippen molar-refractivity contribution < 1.29 is 18.0 Å². The van der Waals surface area contributed by atoms with Crippen molar-refractivity contribution >= 4 is 21.8 Å². The van der Waals surface area contributed by atoms with E-state index in [0.29, 0.717) is 13.1 Å². The van der Waals surface area contributed by atoms with Gasteiger partial charge >= 0.3 is 0 Å². The molecule has 1 saturated carbocycles. The van der Waals surface area contributed by atoms with E-state index in [1.807, 2.05) is 13.8 Å². The Hall–Kier alpha value is -1.93. The molecule has 0 spiro atoms. The average molecular weight is 450 g/mol. The smallest absolute Gasteiger partial charge is 0.240 e. The van der Waals surface area contributed by atoms with Crippen LogP contribution in [-0.4, -0.2) is 50.8 Å². The van der Waals surface area contributed by atoms with Crippen LogP contribution in [0.5, 0.6) is 0 Å². The van der Waals surface area contributed by atoms with Gasteiger partial charge in [0.15, 0.2) is 0 Å². The summed E-state index contributed by atoms with van der Waals surface area (Å²) in [4.78, 5) is 27.2. The van der Waals surface area contributed by atoms with E-state index in [4.69, 9.17) is 0 Å². The van der Waals surface area contributed by atoms with Crippen molar-refractivity contribution in [3.05, 3.63) is 29.3 Å². The van der Waals surface area contributed by atoms with Gasteiger partial charge in [0.25, 0.3) is 0 Å². The van der Waals surface area contributed by atoms with Crippen LogP contribution in [0.2, 0.25) is 0 Å². The maximum absolute atomic E-state index is 12.6. The highest BCUT2D eigenvalue weighted by atomic mass is 32.2. The Bertz CT molecular complexity index is 894. The monoisotopic (exact) mass is 449 g/mol. The summed E-state index contributed by atoms with van der Waals surface area (Å²) < 4.78 is 27.5. The lowest BCUT2D eigenvalue weighted by molar-refractivity contribution is -0.135. The highest BCUT2D eigenvalue weighted by molar-refractivity contribution is 7.89. The van der Waals surface area contributed by atoms with Gasteiger partial charge < -0.3 is 10.2 Å². The number of carbonyl (C=O) groups is 2. The number of rotatable bonds is 7. The normalized spacial score (nSPS) is 20.5. The Labute approximate surface area is 186 Å². The molecule has 2 fully saturated rings. The summed E-state index contributed by atoms with van der Waals surface area (Å²) in [6.07, 6.45) is 7.33. The molecule has 1 saturated heterocycles. The van der Waals surface area contributed by atoms with Gasteiger partial charge in [-0.05, 0) is 62.8 Å². The summed E-state index contributed by atoms with van der Waals surface area (Å²) >= 11 is 0. The molecular formula is C23H35N3O4S. The van der Waals surface area contributed by atoms with E-state index in [1.165, 1.54) is 6.42 Å². The minimum atomic E-state index is -3.65. The fraction of sp³-hybridized carbons (Fsp3) is 0.652. The molecule has 1 aliphatic carbocycles. The lowest BCUT2D eigenvalue weighted by Crippen LogP contribution is -2.48. The van der Waals surface area contributed by atoms with Gasteiger partial charge in [-0.25, -0.2) is 13.1 Å². The number of nitrogens with one attached hydrogen (secondary N) is 2. The third-order valence-electron chi connectivity index (χ3n) is 6.52. The predicted octanol–water partition coefficient (Wildman–Crippen LogP) is 2.66. The van der Waals surface area contributed by atoms with E-state index in [-0.39, 0.29) is 41.6 Å². The second kappa shape index (κ2) is 10.6. The minimum Gasteiger partial charge on any atom is -0.353 e. The van der Waals surface area contributed by atoms with Gasteiger partial charge in [-0.3, -0.25) is 9.59 Å². The summed E-state index contributed by atoms with van der Waals surface area (Å²) in [5.74, 6) is -0.232. The van der Waals surface area contributed by atoms with Gasteiger partial charge in [0, 0.05) is 32.1 Å². The zero-order valence-electron chi connectivity index (χ0n) is 18.7. The summed E-state index contributed by atoms with van der Waals surface area (Å²) in [6.45, 7) is 4.88. The minimum absolute atomic E-state index is 0.0452. The SMILES string of the molecule is Cc1ccc(S(=O)(=O)NCCC(=O)N2CCCC(C(=O)NC3CCCCC3)C2)cc1C. The van der Waals surface area contributed by atoms with E-state index < -0.39 is 10.0 Å². The lowest BCUT2D eigenvalue weighted by Gasteiger charge is -2.33. The van der Waals surface area contributed by atoms with Crippen LogP contribution in [0.4, 0.5) is 0 Å². The Kier molecular flexibility index (Phi) is 8.11. The first-order valence-corrected chi connectivity index (χ1v) is 12.9. The van der Waals surface area contributed by atoms with Crippen LogP contribution in [0, 0.1) is 19.8 Å². The van der Waals surface area contributed by atoms with E-state index in [2.05, 4.69) is 10.0 Å². The van der Waals surface area contributed by atoms with E-state index in [9.17, 15) is 18.0 Å². The number of aryl methyl sites for hydroxylation is 2. The van der Waals surface area contributed by atoms with Crippen LogP contribution >= 0.6 is 0 Å². The number of carbonyl (C=O) groups excluding carboxylic acids is 2. The molecule has 1 unspecified atom stereocenters. The zero-order valence-corrected chi connectivity index (χ0v) is 19.5. The Morgan fingerprint density at radius 1 is 1.03 bits per heavy atom. The molecule has 31 heavy (non-hydrogen) atoms. The fourth-order valence-corrected chi connectivity index (χ4v) is 5.52. The van der Waals surface area contributed by atoms with E-state index in [1.54, 1.807) is 23.1 Å². The van der Waals surface area contributed by atoms with Gasteiger partial charge in [0.05, 0.1) is 10.8 Å². The molecule has 7 nitrogen and oxygen atoms in total. The molecule has 2 N–H and O–H groups in total. The molecule has 2 aliphatic rings. The van der Waals surface area contributed by atoms with Crippen molar-refractivity contribution in [3.8, 4) is 0 Å². The van der Waals surface area contributed by atoms with Crippen molar-refractivity contribution in [2.45, 2.75) is 76.2 Å². The Balaban J connectivity index is 1.47. The van der Waals surface area contributed by atoms with Crippen LogP contribution in [0.1, 0.15) is 62.5 Å². The van der Waals surface area contributed by atoms with Crippen LogP contribution in [0.25, 0.3) is 0 Å². The van der Waals surface area contributed by atoms with Crippen LogP contribution < -0.4 is 10.0 Å². The van der Waals surface area contributed by atoms with Crippen molar-refractivity contribution in [2.75, 3.05) is 19.6 Å². The highest BCUT2D eigenvalue weighted by Crippen LogP contribution is 2.21. The first-order chi connectivity index (χ1) is 14.8. The van der Waals surface area contributed by atoms with Gasteiger partial charge in [-0.2, -0.15) is 0 Å². The van der Waals surface area contributed by atoms with Crippen LogP contribution in [0.3, 0.4) is 0 Å². The van der Waals surface area contributed by atoms with Crippen LogP contribution in [-0.2, 0) is 19.6 Å². The number of amides is 2. The number of hydrogen-bond donors (Lipinski definition) is 2. The second-order valence-electron chi connectivity index (χ2n) is 8.92. The third-order valence-corrected chi connectivity index (χ3v) is 7.97. The van der Waals surface area contributed by atoms with Crippen molar-refractivity contribution in [1.29, 1.82) is 0 Å². The predicted molar refractivity (Wildman–Crippen MR) is 120 cm³/mol. The number of likely N-dealkylation sites (tertiary alicyclic amines) is 1. The molecule has 1 atom stereocenters. The Morgan fingerprint density at radius 2 is 1.77 bits per heavy atom.